The third-order valence-electron chi connectivity index (χ3n) is 3.33. The Morgan fingerprint density at radius 2 is 2.09 bits per heavy atom. The van der Waals surface area contributed by atoms with E-state index in [1.54, 1.807) is 6.92 Å². The standard InChI is InChI=1S/C14H15F2N3O4/c1-7-10(8(2)19(18-7)14(15)16)5-12(20)17-6-9-3-4-11(23-9)13(21)22/h3-4,14H,5-6H2,1-2H3,(H,17,20)(H,21,22). The van der Waals surface area contributed by atoms with Crippen molar-refractivity contribution in [1.82, 2.24) is 15.1 Å². The number of aryl methyl sites for hydroxylation is 1. The molecule has 23 heavy (non-hydrogen) atoms. The SMILES string of the molecule is Cc1nn(C(F)F)c(C)c1CC(=O)NCc1ccc(C(=O)O)o1. The molecule has 0 saturated heterocycles. The summed E-state index contributed by atoms with van der Waals surface area (Å²) in [4.78, 5) is 22.6. The van der Waals surface area contributed by atoms with Gasteiger partial charge in [-0.2, -0.15) is 13.9 Å². The van der Waals surface area contributed by atoms with Crippen LogP contribution in [0.2, 0.25) is 0 Å². The fourth-order valence-corrected chi connectivity index (χ4v) is 2.14. The fraction of sp³-hybridized carbons (Fsp3) is 0.357. The van der Waals surface area contributed by atoms with Gasteiger partial charge in [-0.1, -0.05) is 0 Å². The van der Waals surface area contributed by atoms with E-state index < -0.39 is 18.4 Å². The average Bonchev–Trinajstić information content (AvgIpc) is 3.05. The number of rotatable bonds is 6. The molecule has 9 heteroatoms. The number of aromatic nitrogens is 2. The van der Waals surface area contributed by atoms with E-state index in [-0.39, 0.29) is 30.2 Å². The third-order valence-corrected chi connectivity index (χ3v) is 3.33. The number of alkyl halides is 2. The Balaban J connectivity index is 1.98. The van der Waals surface area contributed by atoms with Crippen LogP contribution in [0.5, 0.6) is 0 Å². The Bertz CT molecular complexity index is 736. The summed E-state index contributed by atoms with van der Waals surface area (Å²) in [5.74, 6) is -1.54. The van der Waals surface area contributed by atoms with Crippen molar-refractivity contribution in [3.63, 3.8) is 0 Å². The van der Waals surface area contributed by atoms with Crippen LogP contribution in [0.3, 0.4) is 0 Å². The monoisotopic (exact) mass is 327 g/mol. The molecule has 0 fully saturated rings. The minimum Gasteiger partial charge on any atom is -0.475 e. The molecule has 2 heterocycles. The second kappa shape index (κ2) is 6.59. The summed E-state index contributed by atoms with van der Waals surface area (Å²) in [5, 5.41) is 15.0. The topological polar surface area (TPSA) is 97.4 Å². The molecule has 124 valence electrons. The van der Waals surface area contributed by atoms with E-state index >= 15 is 0 Å². The predicted molar refractivity (Wildman–Crippen MR) is 74.2 cm³/mol. The van der Waals surface area contributed by atoms with E-state index in [2.05, 4.69) is 10.4 Å². The van der Waals surface area contributed by atoms with E-state index in [4.69, 9.17) is 9.52 Å². The predicted octanol–water partition coefficient (Wildman–Crippen LogP) is 2.05. The highest BCUT2D eigenvalue weighted by atomic mass is 19.3. The van der Waals surface area contributed by atoms with Gasteiger partial charge in [-0.25, -0.2) is 9.48 Å². The van der Waals surface area contributed by atoms with Crippen molar-refractivity contribution < 1.29 is 27.9 Å². The minimum atomic E-state index is -2.76. The van der Waals surface area contributed by atoms with Crippen LogP contribution in [-0.4, -0.2) is 26.8 Å². The van der Waals surface area contributed by atoms with Gasteiger partial charge in [0, 0.05) is 11.3 Å². The number of carbonyl (C=O) groups is 2. The van der Waals surface area contributed by atoms with Crippen molar-refractivity contribution in [2.45, 2.75) is 33.4 Å². The maximum Gasteiger partial charge on any atom is 0.371 e. The van der Waals surface area contributed by atoms with Gasteiger partial charge in [-0.05, 0) is 26.0 Å². The first-order valence-electron chi connectivity index (χ1n) is 6.71. The molecule has 2 aromatic heterocycles. The number of hydrogen-bond acceptors (Lipinski definition) is 4. The van der Waals surface area contributed by atoms with Gasteiger partial charge in [-0.15, -0.1) is 0 Å². The van der Waals surface area contributed by atoms with E-state index in [1.807, 2.05) is 0 Å². The summed E-state index contributed by atoms with van der Waals surface area (Å²) in [6.45, 7) is 0.274. The summed E-state index contributed by atoms with van der Waals surface area (Å²) in [6.07, 6.45) is -0.100. The number of carbonyl (C=O) groups excluding carboxylic acids is 1. The smallest absolute Gasteiger partial charge is 0.371 e. The lowest BCUT2D eigenvalue weighted by Crippen LogP contribution is -2.24. The molecule has 0 saturated carbocycles. The summed E-state index contributed by atoms with van der Waals surface area (Å²) >= 11 is 0. The molecule has 0 spiro atoms. The molecule has 0 unspecified atom stereocenters. The first-order valence-corrected chi connectivity index (χ1v) is 6.71. The van der Waals surface area contributed by atoms with Crippen LogP contribution >= 0.6 is 0 Å². The molecule has 0 aliphatic rings. The molecular weight excluding hydrogens is 312 g/mol. The lowest BCUT2D eigenvalue weighted by atomic mass is 10.1. The summed E-state index contributed by atoms with van der Waals surface area (Å²) < 4.78 is 31.0. The molecule has 2 rings (SSSR count). The van der Waals surface area contributed by atoms with Crippen LogP contribution in [0, 0.1) is 13.8 Å². The van der Waals surface area contributed by atoms with Crippen LogP contribution in [0.1, 0.15) is 39.8 Å². The number of halogens is 2. The van der Waals surface area contributed by atoms with Crippen LogP contribution < -0.4 is 5.32 Å². The van der Waals surface area contributed by atoms with Crippen LogP contribution in [0.4, 0.5) is 8.78 Å². The van der Waals surface area contributed by atoms with E-state index in [1.165, 1.54) is 19.1 Å². The number of nitrogens with one attached hydrogen (secondary N) is 1. The number of furan rings is 1. The van der Waals surface area contributed by atoms with Crippen molar-refractivity contribution in [2.75, 3.05) is 0 Å². The second-order valence-corrected chi connectivity index (χ2v) is 4.90. The summed E-state index contributed by atoms with van der Waals surface area (Å²) in [6, 6.07) is 2.72. The number of nitrogens with zero attached hydrogens (tertiary/aromatic N) is 2. The normalized spacial score (nSPS) is 11.0. The van der Waals surface area contributed by atoms with Crippen molar-refractivity contribution in [3.05, 3.63) is 40.6 Å². The average molecular weight is 327 g/mol. The van der Waals surface area contributed by atoms with E-state index in [0.29, 0.717) is 15.9 Å². The number of carboxylic acids is 1. The molecule has 1 amide bonds. The largest absolute Gasteiger partial charge is 0.475 e. The molecule has 0 radical (unpaired) electrons. The van der Waals surface area contributed by atoms with Gasteiger partial charge in [0.1, 0.15) is 5.76 Å². The van der Waals surface area contributed by atoms with E-state index in [0.717, 1.165) is 0 Å². The number of amides is 1. The number of aromatic carboxylic acids is 1. The third kappa shape index (κ3) is 3.74. The maximum absolute atomic E-state index is 12.7. The Hall–Kier alpha value is -2.71. The molecule has 7 nitrogen and oxygen atoms in total. The van der Waals surface area contributed by atoms with Gasteiger partial charge in [0.2, 0.25) is 11.7 Å². The van der Waals surface area contributed by atoms with Crippen molar-refractivity contribution in [2.24, 2.45) is 0 Å². The van der Waals surface area contributed by atoms with Gasteiger partial charge >= 0.3 is 12.5 Å². The lowest BCUT2D eigenvalue weighted by molar-refractivity contribution is -0.120. The van der Waals surface area contributed by atoms with Crippen molar-refractivity contribution in [1.29, 1.82) is 0 Å². The first-order chi connectivity index (χ1) is 10.8. The van der Waals surface area contributed by atoms with Crippen LogP contribution in [0.25, 0.3) is 0 Å². The van der Waals surface area contributed by atoms with Crippen molar-refractivity contribution in [3.8, 4) is 0 Å². The highest BCUT2D eigenvalue weighted by molar-refractivity contribution is 5.84. The zero-order chi connectivity index (χ0) is 17.1. The molecule has 2 N–H and O–H groups in total. The zero-order valence-corrected chi connectivity index (χ0v) is 12.5. The van der Waals surface area contributed by atoms with Gasteiger partial charge in [0.05, 0.1) is 18.7 Å². The van der Waals surface area contributed by atoms with Gasteiger partial charge in [0.15, 0.2) is 0 Å². The molecule has 0 aliphatic carbocycles. The fourth-order valence-electron chi connectivity index (χ4n) is 2.14. The number of hydrogen-bond donors (Lipinski definition) is 2. The Morgan fingerprint density at radius 3 is 2.61 bits per heavy atom. The Labute approximate surface area is 129 Å². The minimum absolute atomic E-state index is 0.00714. The summed E-state index contributed by atoms with van der Waals surface area (Å²) in [7, 11) is 0. The highest BCUT2D eigenvalue weighted by Crippen LogP contribution is 2.19. The van der Waals surface area contributed by atoms with Gasteiger partial charge in [-0.3, -0.25) is 4.79 Å². The lowest BCUT2D eigenvalue weighted by Gasteiger charge is -2.05. The molecule has 2 aromatic rings. The first kappa shape index (κ1) is 16.7. The summed E-state index contributed by atoms with van der Waals surface area (Å²) in [5.41, 5.74) is 1.04. The Kier molecular flexibility index (Phi) is 4.77. The van der Waals surface area contributed by atoms with Crippen LogP contribution in [-0.2, 0) is 17.8 Å². The molecular formula is C14H15F2N3O4. The van der Waals surface area contributed by atoms with Gasteiger partial charge in [0.25, 0.3) is 0 Å². The quantitative estimate of drug-likeness (QED) is 0.846. The number of carboxylic acid groups (broad SMARTS) is 1. The van der Waals surface area contributed by atoms with Crippen molar-refractivity contribution >= 4 is 11.9 Å². The molecule has 0 aliphatic heterocycles. The van der Waals surface area contributed by atoms with Gasteiger partial charge < -0.3 is 14.8 Å². The molecule has 0 aromatic carbocycles. The van der Waals surface area contributed by atoms with E-state index in [9.17, 15) is 18.4 Å². The zero-order valence-electron chi connectivity index (χ0n) is 12.5. The molecule has 0 bridgehead atoms. The Morgan fingerprint density at radius 1 is 1.39 bits per heavy atom. The maximum atomic E-state index is 12.7. The highest BCUT2D eigenvalue weighted by Gasteiger charge is 2.19. The second-order valence-electron chi connectivity index (χ2n) is 4.90. The molecule has 0 atom stereocenters. The van der Waals surface area contributed by atoms with Crippen LogP contribution in [0.15, 0.2) is 16.5 Å².